The predicted octanol–water partition coefficient (Wildman–Crippen LogP) is 3.81. The van der Waals surface area contributed by atoms with E-state index in [4.69, 9.17) is 11.5 Å². The van der Waals surface area contributed by atoms with Crippen molar-refractivity contribution in [2.24, 2.45) is 0 Å². The predicted molar refractivity (Wildman–Crippen MR) is 47.6 cm³/mol. The Morgan fingerprint density at radius 3 is 1.11 bits per heavy atom. The first-order valence-electron chi connectivity index (χ1n) is 2.36. The Balaban J connectivity index is -0.0000000600. The van der Waals surface area contributed by atoms with Crippen LogP contribution in [0, 0.1) is 0 Å². The third-order valence-electron chi connectivity index (χ3n) is 0. The van der Waals surface area contributed by atoms with Gasteiger partial charge in [-0.15, -0.1) is 0 Å². The molecule has 0 aliphatic carbocycles. The molecule has 0 saturated carbocycles. The minimum absolute atomic E-state index is 0.208. The van der Waals surface area contributed by atoms with Gasteiger partial charge in [0.2, 0.25) is 0 Å². The molecule has 0 amide bonds. The Kier molecular flexibility index (Phi) is 63.2. The zero-order valence-electron chi connectivity index (χ0n) is 5.49. The fourth-order valence-electron chi connectivity index (χ4n) is 0. The van der Waals surface area contributed by atoms with E-state index in [9.17, 15) is 0 Å². The van der Waals surface area contributed by atoms with Crippen LogP contribution in [0.25, 0.3) is 11.5 Å². The summed E-state index contributed by atoms with van der Waals surface area (Å²) in [5, 5.41) is 0. The van der Waals surface area contributed by atoms with Crippen LogP contribution in [-0.4, -0.2) is 13.1 Å². The molecule has 9 heavy (non-hydrogen) atoms. The van der Waals surface area contributed by atoms with Gasteiger partial charge in [-0.3, -0.25) is 0 Å². The van der Waals surface area contributed by atoms with E-state index >= 15 is 0 Å². The molecule has 5 heteroatoms. The van der Waals surface area contributed by atoms with Crippen LogP contribution in [0.4, 0.5) is 0 Å². The van der Waals surface area contributed by atoms with Crippen LogP contribution in [0.1, 0.15) is 13.8 Å². The fourth-order valence-corrected chi connectivity index (χ4v) is 0. The standard InChI is InChI=1S/2C2H6N.2BrH.Pt/c2*1-2-3;;;/h2*3H,2H2,1H3;2*1H;/q2*-1;;;+4/p-2. The summed E-state index contributed by atoms with van der Waals surface area (Å²) >= 11 is 6.56. The van der Waals surface area contributed by atoms with Gasteiger partial charge in [-0.2, -0.15) is 13.1 Å². The number of hydrogen-bond donors (Lipinski definition) is 0. The average Bonchev–Trinajstić information content (AvgIpc) is 1.70. The van der Waals surface area contributed by atoms with Crippen molar-refractivity contribution in [3.8, 4) is 0 Å². The molecule has 0 aromatic rings. The van der Waals surface area contributed by atoms with Gasteiger partial charge in [-0.25, -0.2) is 0 Å². The van der Waals surface area contributed by atoms with Gasteiger partial charge in [-0.05, 0) is 0 Å². The topological polar surface area (TPSA) is 47.6 Å². The maximum atomic E-state index is 6.21. The average molecular weight is 443 g/mol. The molecule has 0 fully saturated rings. The zero-order chi connectivity index (χ0) is 8.12. The van der Waals surface area contributed by atoms with Crippen LogP contribution in [0.3, 0.4) is 0 Å². The van der Waals surface area contributed by atoms with Crippen molar-refractivity contribution in [1.82, 2.24) is 0 Å². The van der Waals surface area contributed by atoms with Crippen molar-refractivity contribution >= 4 is 26.6 Å². The summed E-state index contributed by atoms with van der Waals surface area (Å²) in [6.07, 6.45) is 0. The second-order valence-electron chi connectivity index (χ2n) is 0.752. The molecule has 0 bridgehead atoms. The summed E-state index contributed by atoms with van der Waals surface area (Å²) in [5.41, 5.74) is 12.4. The van der Waals surface area contributed by atoms with Crippen LogP contribution < -0.4 is 0 Å². The van der Waals surface area contributed by atoms with Crippen LogP contribution in [0.15, 0.2) is 0 Å². The molecule has 0 saturated heterocycles. The molecule has 62 valence electrons. The Morgan fingerprint density at radius 2 is 1.11 bits per heavy atom. The Hall–Kier alpha value is 1.57. The molecule has 0 heterocycles. The van der Waals surface area contributed by atoms with Gasteiger partial charge in [0.15, 0.2) is 0 Å². The molecule has 2 N–H and O–H groups in total. The number of hydrogen-bond acceptors (Lipinski definition) is 0. The molecule has 0 aromatic heterocycles. The Morgan fingerprint density at radius 1 is 1.11 bits per heavy atom. The van der Waals surface area contributed by atoms with E-state index in [0.29, 0.717) is 13.1 Å². The molecule has 0 radical (unpaired) electrons. The summed E-state index contributed by atoms with van der Waals surface area (Å²) in [6, 6.07) is 0. The van der Waals surface area contributed by atoms with Gasteiger partial charge in [0.25, 0.3) is 0 Å². The normalized spacial score (nSPS) is 6.44. The quantitative estimate of drug-likeness (QED) is 0.547. The van der Waals surface area contributed by atoms with Gasteiger partial charge < -0.3 is 11.5 Å². The molecular formula is C4H12Br2N2Pt. The Bertz CT molecular complexity index is 21.3. The van der Waals surface area contributed by atoms with E-state index in [2.05, 4.69) is 26.6 Å². The van der Waals surface area contributed by atoms with Gasteiger partial charge in [0.05, 0.1) is 0 Å². The van der Waals surface area contributed by atoms with Gasteiger partial charge >= 0.3 is 41.0 Å². The first-order chi connectivity index (χ1) is 4.24. The number of rotatable bonds is 0. The van der Waals surface area contributed by atoms with Crippen LogP contribution in [0.2, 0.25) is 0 Å². The number of halogens is 2. The van der Waals surface area contributed by atoms with E-state index in [1.165, 1.54) is 0 Å². The van der Waals surface area contributed by atoms with E-state index < -0.39 is 0 Å². The molecule has 0 atom stereocenters. The van der Waals surface area contributed by atoms with Gasteiger partial charge in [0.1, 0.15) is 0 Å². The molecule has 0 aromatic carbocycles. The summed E-state index contributed by atoms with van der Waals surface area (Å²) in [6.45, 7) is 4.58. The van der Waals surface area contributed by atoms with Crippen molar-refractivity contribution < 1.29 is 14.5 Å². The second-order valence-corrected chi connectivity index (χ2v) is 10.7. The SMILES string of the molecule is CC[NH-].CC[NH-].[Br][Pt+2][Br]. The molecule has 0 aliphatic rings. The van der Waals surface area contributed by atoms with Gasteiger partial charge in [-0.1, -0.05) is 13.8 Å². The van der Waals surface area contributed by atoms with E-state index in [1.54, 1.807) is 13.8 Å². The summed E-state index contributed by atoms with van der Waals surface area (Å²) in [7, 11) is 0. The Labute approximate surface area is 78.9 Å². The van der Waals surface area contributed by atoms with Crippen LogP contribution in [0.5, 0.6) is 0 Å². The molecular weight excluding hydrogens is 431 g/mol. The third-order valence-corrected chi connectivity index (χ3v) is 0. The third kappa shape index (κ3) is 223. The van der Waals surface area contributed by atoms with Crippen molar-refractivity contribution in [2.45, 2.75) is 13.8 Å². The molecule has 0 unspecified atom stereocenters. The van der Waals surface area contributed by atoms with Crippen molar-refractivity contribution in [3.05, 3.63) is 11.5 Å². The minimum atomic E-state index is 0.208. The summed E-state index contributed by atoms with van der Waals surface area (Å²) in [5.74, 6) is 0. The molecule has 0 spiro atoms. The monoisotopic (exact) mass is 441 g/mol. The molecule has 2 nitrogen and oxygen atoms in total. The molecule has 0 rings (SSSR count). The van der Waals surface area contributed by atoms with E-state index in [1.807, 2.05) is 0 Å². The first kappa shape index (κ1) is 16.9. The maximum absolute atomic E-state index is 6.21. The summed E-state index contributed by atoms with van der Waals surface area (Å²) in [4.78, 5) is 0. The van der Waals surface area contributed by atoms with Crippen molar-refractivity contribution in [1.29, 1.82) is 0 Å². The van der Waals surface area contributed by atoms with Crippen molar-refractivity contribution in [3.63, 3.8) is 0 Å². The summed E-state index contributed by atoms with van der Waals surface area (Å²) < 4.78 is 0. The van der Waals surface area contributed by atoms with Crippen LogP contribution in [-0.2, 0) is 14.5 Å². The van der Waals surface area contributed by atoms with E-state index in [0.717, 1.165) is 0 Å². The number of nitrogens with one attached hydrogen (secondary N) is 2. The fraction of sp³-hybridized carbons (Fsp3) is 1.00. The zero-order valence-corrected chi connectivity index (χ0v) is 10.9. The molecule has 0 aliphatic heterocycles. The van der Waals surface area contributed by atoms with Crippen molar-refractivity contribution in [2.75, 3.05) is 13.1 Å². The van der Waals surface area contributed by atoms with Gasteiger partial charge in [0, 0.05) is 0 Å². The second kappa shape index (κ2) is 33.7. The van der Waals surface area contributed by atoms with E-state index in [-0.39, 0.29) is 14.5 Å². The van der Waals surface area contributed by atoms with Crippen LogP contribution >= 0.6 is 26.6 Å². The first-order valence-corrected chi connectivity index (χ1v) is 12.3.